The molecule has 9 heteroatoms. The summed E-state index contributed by atoms with van der Waals surface area (Å²) in [6.45, 7) is 3.89. The number of hydrogen-bond donors (Lipinski definition) is 2. The molecule has 8 nitrogen and oxygen atoms in total. The monoisotopic (exact) mass is 304 g/mol. The van der Waals surface area contributed by atoms with Gasteiger partial charge in [0.25, 0.3) is 16.1 Å². The fourth-order valence-corrected chi connectivity index (χ4v) is 4.12. The average Bonchev–Trinajstić information content (AvgIpc) is 2.62. The minimum absolute atomic E-state index is 0.0238. The lowest BCUT2D eigenvalue weighted by molar-refractivity contribution is -0.125. The number of rotatable bonds is 3. The van der Waals surface area contributed by atoms with Gasteiger partial charge in [0.2, 0.25) is 0 Å². The van der Waals surface area contributed by atoms with Crippen LogP contribution in [0.25, 0.3) is 0 Å². The van der Waals surface area contributed by atoms with E-state index in [1.165, 1.54) is 15.7 Å². The molecule has 2 aliphatic rings. The molecule has 0 aromatic rings. The molecule has 2 N–H and O–H groups in total. The average molecular weight is 304 g/mol. The maximum absolute atomic E-state index is 12.5. The van der Waals surface area contributed by atoms with Gasteiger partial charge in [-0.15, -0.1) is 0 Å². The molecule has 0 aliphatic carbocycles. The second-order valence-electron chi connectivity index (χ2n) is 5.55. The maximum atomic E-state index is 12.5. The maximum Gasteiger partial charge on any atom is 0.322 e. The Labute approximate surface area is 118 Å². The fourth-order valence-electron chi connectivity index (χ4n) is 2.48. The van der Waals surface area contributed by atoms with E-state index in [1.54, 1.807) is 13.8 Å². The molecule has 2 aliphatic heterocycles. The second kappa shape index (κ2) is 4.97. The summed E-state index contributed by atoms with van der Waals surface area (Å²) in [5.74, 6) is -0.449. The minimum Gasteiger partial charge on any atom is -0.322 e. The molecule has 0 aromatic heterocycles. The SMILES string of the molecule is CC(C)N(C)S(=O)(=O)N1CCCC2(C1)NC(=O)NC2=O. The predicted octanol–water partition coefficient (Wildman–Crippen LogP) is -0.755. The summed E-state index contributed by atoms with van der Waals surface area (Å²) in [5, 5.41) is 4.74. The summed E-state index contributed by atoms with van der Waals surface area (Å²) >= 11 is 0. The molecule has 2 saturated heterocycles. The number of nitrogens with zero attached hydrogens (tertiary/aromatic N) is 2. The summed E-state index contributed by atoms with van der Waals surface area (Å²) in [4.78, 5) is 23.2. The molecule has 20 heavy (non-hydrogen) atoms. The van der Waals surface area contributed by atoms with E-state index >= 15 is 0 Å². The zero-order chi connectivity index (χ0) is 15.1. The van der Waals surface area contributed by atoms with Gasteiger partial charge in [-0.05, 0) is 26.7 Å². The van der Waals surface area contributed by atoms with Crippen molar-refractivity contribution in [1.82, 2.24) is 19.2 Å². The number of urea groups is 1. The van der Waals surface area contributed by atoms with Crippen LogP contribution in [0.5, 0.6) is 0 Å². The molecule has 2 fully saturated rings. The lowest BCUT2D eigenvalue weighted by Gasteiger charge is -2.39. The molecule has 2 heterocycles. The van der Waals surface area contributed by atoms with Gasteiger partial charge in [-0.2, -0.15) is 17.0 Å². The van der Waals surface area contributed by atoms with Gasteiger partial charge in [-0.25, -0.2) is 4.79 Å². The molecule has 2 rings (SSSR count). The molecule has 114 valence electrons. The number of carbonyl (C=O) groups is 2. The van der Waals surface area contributed by atoms with E-state index in [0.717, 1.165) is 0 Å². The molecule has 1 spiro atoms. The normalized spacial score (nSPS) is 28.2. The lowest BCUT2D eigenvalue weighted by atomic mass is 9.90. The Balaban J connectivity index is 2.24. The summed E-state index contributed by atoms with van der Waals surface area (Å²) in [7, 11) is -2.12. The highest BCUT2D eigenvalue weighted by Crippen LogP contribution is 2.27. The lowest BCUT2D eigenvalue weighted by Crippen LogP contribution is -2.61. The Morgan fingerprint density at radius 1 is 1.35 bits per heavy atom. The van der Waals surface area contributed by atoms with Crippen LogP contribution < -0.4 is 10.6 Å². The summed E-state index contributed by atoms with van der Waals surface area (Å²) in [6.07, 6.45) is 0.973. The van der Waals surface area contributed by atoms with Crippen molar-refractivity contribution >= 4 is 22.1 Å². The Kier molecular flexibility index (Phi) is 3.78. The summed E-state index contributed by atoms with van der Waals surface area (Å²) in [6, 6.07) is -0.740. The van der Waals surface area contributed by atoms with Crippen LogP contribution in [0.15, 0.2) is 0 Å². The van der Waals surface area contributed by atoms with E-state index < -0.39 is 27.7 Å². The smallest absolute Gasteiger partial charge is 0.322 e. The summed E-state index contributed by atoms with van der Waals surface area (Å²) in [5.41, 5.74) is -1.12. The fraction of sp³-hybridized carbons (Fsp3) is 0.818. The van der Waals surface area contributed by atoms with E-state index in [-0.39, 0.29) is 12.6 Å². The third-order valence-corrected chi connectivity index (χ3v) is 6.00. The molecule has 0 aromatic carbocycles. The van der Waals surface area contributed by atoms with Gasteiger partial charge >= 0.3 is 6.03 Å². The van der Waals surface area contributed by atoms with Crippen molar-refractivity contribution in [2.75, 3.05) is 20.1 Å². The van der Waals surface area contributed by atoms with Gasteiger partial charge in [0.15, 0.2) is 0 Å². The standard InChI is InChI=1S/C11H20N4O4S/c1-8(2)14(3)20(18,19)15-6-4-5-11(7-15)9(16)12-10(17)13-11/h8H,4-7H2,1-3H3,(H2,12,13,16,17). The number of imide groups is 1. The zero-order valence-electron chi connectivity index (χ0n) is 11.8. The van der Waals surface area contributed by atoms with Crippen molar-refractivity contribution in [3.8, 4) is 0 Å². The largest absolute Gasteiger partial charge is 0.322 e. The van der Waals surface area contributed by atoms with Gasteiger partial charge in [0.1, 0.15) is 5.54 Å². The highest BCUT2D eigenvalue weighted by atomic mass is 32.2. The molecular formula is C11H20N4O4S. The van der Waals surface area contributed by atoms with E-state index in [4.69, 9.17) is 0 Å². The van der Waals surface area contributed by atoms with Crippen molar-refractivity contribution in [3.63, 3.8) is 0 Å². The Morgan fingerprint density at radius 2 is 2.00 bits per heavy atom. The van der Waals surface area contributed by atoms with Gasteiger partial charge in [0.05, 0.1) is 0 Å². The highest BCUT2D eigenvalue weighted by molar-refractivity contribution is 7.86. The van der Waals surface area contributed by atoms with Crippen molar-refractivity contribution in [2.24, 2.45) is 0 Å². The van der Waals surface area contributed by atoms with Crippen LogP contribution >= 0.6 is 0 Å². The van der Waals surface area contributed by atoms with Crippen molar-refractivity contribution < 1.29 is 18.0 Å². The third kappa shape index (κ3) is 2.40. The number of carbonyl (C=O) groups excluding carboxylic acids is 2. The van der Waals surface area contributed by atoms with E-state index in [1.807, 2.05) is 0 Å². The second-order valence-corrected chi connectivity index (χ2v) is 7.53. The number of hydrogen-bond acceptors (Lipinski definition) is 4. The molecule has 0 saturated carbocycles. The highest BCUT2D eigenvalue weighted by Gasteiger charge is 2.51. The van der Waals surface area contributed by atoms with Gasteiger partial charge in [-0.1, -0.05) is 0 Å². The summed E-state index contributed by atoms with van der Waals surface area (Å²) < 4.78 is 27.5. The van der Waals surface area contributed by atoms with Crippen LogP contribution in [0.1, 0.15) is 26.7 Å². The Hall–Kier alpha value is -1.19. The third-order valence-electron chi connectivity index (χ3n) is 3.89. The van der Waals surface area contributed by atoms with E-state index in [9.17, 15) is 18.0 Å². The number of amides is 3. The van der Waals surface area contributed by atoms with Crippen molar-refractivity contribution in [2.45, 2.75) is 38.3 Å². The first kappa shape index (κ1) is 15.2. The Bertz CT molecular complexity index is 533. The molecule has 1 unspecified atom stereocenters. The molecule has 1 atom stereocenters. The van der Waals surface area contributed by atoms with Crippen LogP contribution in [0.3, 0.4) is 0 Å². The van der Waals surface area contributed by atoms with E-state index in [2.05, 4.69) is 10.6 Å². The number of nitrogens with one attached hydrogen (secondary N) is 2. The first-order valence-electron chi connectivity index (χ1n) is 6.56. The first-order chi connectivity index (χ1) is 9.19. The predicted molar refractivity (Wildman–Crippen MR) is 72.0 cm³/mol. The minimum atomic E-state index is -3.63. The van der Waals surface area contributed by atoms with Crippen LogP contribution in [0.4, 0.5) is 4.79 Å². The molecular weight excluding hydrogens is 284 g/mol. The van der Waals surface area contributed by atoms with Crippen molar-refractivity contribution in [3.05, 3.63) is 0 Å². The quantitative estimate of drug-likeness (QED) is 0.670. The van der Waals surface area contributed by atoms with Crippen LogP contribution in [0, 0.1) is 0 Å². The van der Waals surface area contributed by atoms with Crippen LogP contribution in [-0.2, 0) is 15.0 Å². The van der Waals surface area contributed by atoms with Gasteiger partial charge in [0, 0.05) is 26.2 Å². The van der Waals surface area contributed by atoms with Crippen LogP contribution in [0.2, 0.25) is 0 Å². The zero-order valence-corrected chi connectivity index (χ0v) is 12.7. The Morgan fingerprint density at radius 3 is 2.50 bits per heavy atom. The number of piperidine rings is 1. The van der Waals surface area contributed by atoms with E-state index in [0.29, 0.717) is 19.4 Å². The van der Waals surface area contributed by atoms with Crippen LogP contribution in [-0.4, -0.2) is 60.7 Å². The first-order valence-corrected chi connectivity index (χ1v) is 7.95. The molecule has 0 radical (unpaired) electrons. The van der Waals surface area contributed by atoms with Gasteiger partial charge in [-0.3, -0.25) is 10.1 Å². The van der Waals surface area contributed by atoms with Crippen molar-refractivity contribution in [1.29, 1.82) is 0 Å². The molecule has 0 bridgehead atoms. The molecule has 3 amide bonds. The van der Waals surface area contributed by atoms with Gasteiger partial charge < -0.3 is 5.32 Å². The topological polar surface area (TPSA) is 98.8 Å².